The van der Waals surface area contributed by atoms with E-state index in [1.165, 1.54) is 37.4 Å². The Balaban J connectivity index is 2.09. The number of ether oxygens (including phenoxy) is 3. The second kappa shape index (κ2) is 7.90. The summed E-state index contributed by atoms with van der Waals surface area (Å²) in [6.07, 6.45) is 0. The zero-order valence-corrected chi connectivity index (χ0v) is 14.1. The van der Waals surface area contributed by atoms with Crippen LogP contribution in [0.3, 0.4) is 0 Å². The van der Waals surface area contributed by atoms with Crippen molar-refractivity contribution in [2.75, 3.05) is 13.7 Å². The average Bonchev–Trinajstić information content (AvgIpc) is 2.55. The molecule has 0 spiro atoms. The number of methoxy groups -OCH3 is 1. The van der Waals surface area contributed by atoms with E-state index in [1.807, 2.05) is 0 Å². The van der Waals surface area contributed by atoms with Crippen LogP contribution in [0.15, 0.2) is 36.4 Å². The van der Waals surface area contributed by atoms with Crippen LogP contribution in [0.5, 0.6) is 17.2 Å². The van der Waals surface area contributed by atoms with Gasteiger partial charge in [0.05, 0.1) is 17.7 Å². The highest BCUT2D eigenvalue weighted by molar-refractivity contribution is 6.34. The van der Waals surface area contributed by atoms with E-state index in [4.69, 9.17) is 43.1 Å². The van der Waals surface area contributed by atoms with Gasteiger partial charge in [0.2, 0.25) is 0 Å². The Morgan fingerprint density at radius 3 is 2.50 bits per heavy atom. The summed E-state index contributed by atoms with van der Waals surface area (Å²) in [6.45, 7) is -0.435. The van der Waals surface area contributed by atoms with E-state index in [1.54, 1.807) is 6.07 Å². The Labute approximate surface area is 148 Å². The fourth-order valence-electron chi connectivity index (χ4n) is 1.79. The Morgan fingerprint density at radius 2 is 1.83 bits per heavy atom. The largest absolute Gasteiger partial charge is 0.497 e. The molecule has 0 fully saturated rings. The number of hydrogen-bond acceptors (Lipinski definition) is 5. The number of hydrogen-bond donors (Lipinski definition) is 1. The van der Waals surface area contributed by atoms with Gasteiger partial charge in [0.25, 0.3) is 5.91 Å². The number of carbonyl (C=O) groups is 2. The zero-order chi connectivity index (χ0) is 17.7. The molecule has 0 heterocycles. The third-order valence-electron chi connectivity index (χ3n) is 2.92. The third-order valence-corrected chi connectivity index (χ3v) is 3.46. The van der Waals surface area contributed by atoms with Gasteiger partial charge in [0.1, 0.15) is 17.2 Å². The predicted molar refractivity (Wildman–Crippen MR) is 89.1 cm³/mol. The van der Waals surface area contributed by atoms with Crippen molar-refractivity contribution in [3.8, 4) is 17.2 Å². The summed E-state index contributed by atoms with van der Waals surface area (Å²) in [7, 11) is 1.44. The summed E-state index contributed by atoms with van der Waals surface area (Å²) < 4.78 is 15.4. The first-order valence-corrected chi connectivity index (χ1v) is 7.42. The van der Waals surface area contributed by atoms with Crippen LogP contribution >= 0.6 is 23.2 Å². The summed E-state index contributed by atoms with van der Waals surface area (Å²) in [6, 6.07) is 8.91. The van der Waals surface area contributed by atoms with Crippen LogP contribution in [-0.2, 0) is 4.79 Å². The summed E-state index contributed by atoms with van der Waals surface area (Å²) in [5.41, 5.74) is 5.30. The highest BCUT2D eigenvalue weighted by atomic mass is 35.5. The van der Waals surface area contributed by atoms with Crippen molar-refractivity contribution in [1.29, 1.82) is 0 Å². The lowest BCUT2D eigenvalue weighted by atomic mass is 10.2. The molecule has 0 saturated heterocycles. The van der Waals surface area contributed by atoms with Crippen molar-refractivity contribution in [3.05, 3.63) is 52.0 Å². The number of halogens is 2. The Kier molecular flexibility index (Phi) is 5.89. The van der Waals surface area contributed by atoms with Crippen molar-refractivity contribution in [2.45, 2.75) is 0 Å². The van der Waals surface area contributed by atoms with Gasteiger partial charge in [-0.25, -0.2) is 4.79 Å². The second-order valence-electron chi connectivity index (χ2n) is 4.56. The van der Waals surface area contributed by atoms with Crippen LogP contribution in [0.1, 0.15) is 10.4 Å². The van der Waals surface area contributed by atoms with Gasteiger partial charge < -0.3 is 19.9 Å². The van der Waals surface area contributed by atoms with Crippen LogP contribution in [0.4, 0.5) is 0 Å². The van der Waals surface area contributed by atoms with Crippen LogP contribution in [0.2, 0.25) is 10.0 Å². The number of carbonyl (C=O) groups excluding carboxylic acids is 2. The molecule has 0 bridgehead atoms. The van der Waals surface area contributed by atoms with Crippen molar-refractivity contribution >= 4 is 35.1 Å². The quantitative estimate of drug-likeness (QED) is 0.624. The monoisotopic (exact) mass is 369 g/mol. The third kappa shape index (κ3) is 4.53. The molecule has 126 valence electrons. The van der Waals surface area contributed by atoms with Crippen molar-refractivity contribution in [3.63, 3.8) is 0 Å². The zero-order valence-electron chi connectivity index (χ0n) is 12.5. The summed E-state index contributed by atoms with van der Waals surface area (Å²) in [4.78, 5) is 23.3. The summed E-state index contributed by atoms with van der Waals surface area (Å²) in [5.74, 6) is -0.864. The number of benzene rings is 2. The van der Waals surface area contributed by atoms with Crippen LogP contribution in [0, 0.1) is 0 Å². The lowest BCUT2D eigenvalue weighted by Gasteiger charge is -2.11. The minimum Gasteiger partial charge on any atom is -0.497 e. The maximum absolute atomic E-state index is 11.9. The molecule has 2 aromatic carbocycles. The molecule has 0 saturated carbocycles. The molecule has 1 amide bonds. The van der Waals surface area contributed by atoms with Crippen molar-refractivity contribution in [1.82, 2.24) is 0 Å². The Morgan fingerprint density at radius 1 is 1.08 bits per heavy atom. The first kappa shape index (κ1) is 17.9. The average molecular weight is 370 g/mol. The van der Waals surface area contributed by atoms with Gasteiger partial charge in [-0.1, -0.05) is 23.2 Å². The molecule has 0 radical (unpaired) electrons. The molecule has 8 heteroatoms. The molecule has 0 atom stereocenters. The van der Waals surface area contributed by atoms with Gasteiger partial charge in [-0.2, -0.15) is 0 Å². The number of primary amides is 1. The molecule has 0 unspecified atom stereocenters. The van der Waals surface area contributed by atoms with Crippen LogP contribution in [0.25, 0.3) is 0 Å². The number of nitrogens with two attached hydrogens (primary N) is 1. The molecule has 2 aromatic rings. The number of esters is 1. The SMILES string of the molecule is COc1ccc(C(N)=O)c(OC(=O)COc2cc(Cl)ccc2Cl)c1. The van der Waals surface area contributed by atoms with Gasteiger partial charge in [-0.15, -0.1) is 0 Å². The molecule has 0 aliphatic carbocycles. The van der Waals surface area contributed by atoms with Gasteiger partial charge >= 0.3 is 5.97 Å². The fourth-order valence-corrected chi connectivity index (χ4v) is 2.13. The van der Waals surface area contributed by atoms with Crippen LogP contribution < -0.4 is 19.9 Å². The molecular formula is C16H13Cl2NO5. The van der Waals surface area contributed by atoms with Gasteiger partial charge in [0, 0.05) is 17.2 Å². The number of amides is 1. The molecule has 0 aliphatic heterocycles. The second-order valence-corrected chi connectivity index (χ2v) is 5.41. The van der Waals surface area contributed by atoms with E-state index >= 15 is 0 Å². The standard InChI is InChI=1S/C16H13Cl2NO5/c1-22-10-3-4-11(16(19)21)13(7-10)24-15(20)8-23-14-6-9(17)2-5-12(14)18/h2-7H,8H2,1H3,(H2,19,21). The molecule has 2 rings (SSSR count). The normalized spacial score (nSPS) is 10.1. The fraction of sp³-hybridized carbons (Fsp3) is 0.125. The van der Waals surface area contributed by atoms with Crippen molar-refractivity contribution < 1.29 is 23.8 Å². The number of rotatable bonds is 6. The maximum Gasteiger partial charge on any atom is 0.349 e. The topological polar surface area (TPSA) is 87.9 Å². The lowest BCUT2D eigenvalue weighted by Crippen LogP contribution is -2.20. The van der Waals surface area contributed by atoms with E-state index in [-0.39, 0.29) is 17.1 Å². The Bertz CT molecular complexity index is 779. The summed E-state index contributed by atoms with van der Waals surface area (Å²) >= 11 is 11.8. The summed E-state index contributed by atoms with van der Waals surface area (Å²) in [5, 5.41) is 0.706. The minimum atomic E-state index is -0.748. The first-order valence-electron chi connectivity index (χ1n) is 6.67. The van der Waals surface area contributed by atoms with E-state index in [0.717, 1.165) is 0 Å². The van der Waals surface area contributed by atoms with E-state index in [0.29, 0.717) is 15.8 Å². The Hall–Kier alpha value is -2.44. The molecule has 6 nitrogen and oxygen atoms in total. The highest BCUT2D eigenvalue weighted by Crippen LogP contribution is 2.28. The minimum absolute atomic E-state index is 0.0207. The van der Waals surface area contributed by atoms with E-state index < -0.39 is 18.5 Å². The van der Waals surface area contributed by atoms with Crippen molar-refractivity contribution in [2.24, 2.45) is 5.73 Å². The molecule has 24 heavy (non-hydrogen) atoms. The maximum atomic E-state index is 11.9. The first-order chi connectivity index (χ1) is 11.4. The molecule has 0 aliphatic rings. The van der Waals surface area contributed by atoms with Gasteiger partial charge in [-0.3, -0.25) is 4.79 Å². The van der Waals surface area contributed by atoms with Crippen LogP contribution in [-0.4, -0.2) is 25.6 Å². The predicted octanol–water partition coefficient (Wildman–Crippen LogP) is 3.09. The van der Waals surface area contributed by atoms with E-state index in [2.05, 4.69) is 0 Å². The smallest absolute Gasteiger partial charge is 0.349 e. The molecule has 2 N–H and O–H groups in total. The van der Waals surface area contributed by atoms with Gasteiger partial charge in [-0.05, 0) is 24.3 Å². The van der Waals surface area contributed by atoms with Gasteiger partial charge in [0.15, 0.2) is 6.61 Å². The van der Waals surface area contributed by atoms with E-state index in [9.17, 15) is 9.59 Å². The lowest BCUT2D eigenvalue weighted by molar-refractivity contribution is -0.136. The molecule has 0 aromatic heterocycles. The molecular weight excluding hydrogens is 357 g/mol. The highest BCUT2D eigenvalue weighted by Gasteiger charge is 2.15.